The first-order valence-electron chi connectivity index (χ1n) is 6.48. The Balaban J connectivity index is 1.91. The van der Waals surface area contributed by atoms with Crippen LogP contribution in [0.2, 0.25) is 0 Å². The molecule has 5 heteroatoms. The van der Waals surface area contributed by atoms with Crippen molar-refractivity contribution in [3.05, 3.63) is 59.4 Å². The van der Waals surface area contributed by atoms with E-state index < -0.39 is 0 Å². The SMILES string of the molecule is Cc1ccc(F)c(OCCOc2ccccc2C(N)=S)c1. The lowest BCUT2D eigenvalue weighted by Gasteiger charge is -2.12. The molecule has 0 radical (unpaired) electrons. The Bertz CT molecular complexity index is 646. The lowest BCUT2D eigenvalue weighted by molar-refractivity contribution is 0.211. The van der Waals surface area contributed by atoms with Gasteiger partial charge in [0.1, 0.15) is 24.0 Å². The summed E-state index contributed by atoms with van der Waals surface area (Å²) in [6, 6.07) is 12.0. The summed E-state index contributed by atoms with van der Waals surface area (Å²) in [5, 5.41) is 0. The number of halogens is 1. The molecular formula is C16H16FNO2S. The van der Waals surface area contributed by atoms with Gasteiger partial charge in [0.05, 0.1) is 5.56 Å². The van der Waals surface area contributed by atoms with Gasteiger partial charge in [-0.05, 0) is 36.8 Å². The zero-order chi connectivity index (χ0) is 15.2. The summed E-state index contributed by atoms with van der Waals surface area (Å²) in [5.74, 6) is 0.434. The lowest BCUT2D eigenvalue weighted by Crippen LogP contribution is -2.14. The average Bonchev–Trinajstić information content (AvgIpc) is 2.47. The van der Waals surface area contributed by atoms with E-state index in [1.165, 1.54) is 6.07 Å². The lowest BCUT2D eigenvalue weighted by atomic mass is 10.2. The van der Waals surface area contributed by atoms with Gasteiger partial charge in [-0.2, -0.15) is 0 Å². The van der Waals surface area contributed by atoms with Gasteiger partial charge >= 0.3 is 0 Å². The summed E-state index contributed by atoms with van der Waals surface area (Å²) in [6.07, 6.45) is 0. The molecule has 0 spiro atoms. The van der Waals surface area contributed by atoms with Gasteiger partial charge in [-0.3, -0.25) is 0 Å². The minimum absolute atomic E-state index is 0.223. The van der Waals surface area contributed by atoms with Crippen molar-refractivity contribution in [3.63, 3.8) is 0 Å². The van der Waals surface area contributed by atoms with Crippen LogP contribution in [0.25, 0.3) is 0 Å². The predicted octanol–water partition coefficient (Wildman–Crippen LogP) is 3.23. The number of para-hydroxylation sites is 1. The minimum atomic E-state index is -0.385. The molecule has 0 saturated carbocycles. The topological polar surface area (TPSA) is 44.5 Å². The molecule has 0 bridgehead atoms. The maximum absolute atomic E-state index is 13.5. The number of rotatable bonds is 6. The molecule has 0 aromatic heterocycles. The highest BCUT2D eigenvalue weighted by molar-refractivity contribution is 7.80. The zero-order valence-corrected chi connectivity index (χ0v) is 12.5. The van der Waals surface area contributed by atoms with E-state index in [2.05, 4.69) is 0 Å². The van der Waals surface area contributed by atoms with Crippen molar-refractivity contribution in [1.82, 2.24) is 0 Å². The number of aryl methyl sites for hydroxylation is 1. The molecule has 0 aliphatic rings. The number of hydrogen-bond acceptors (Lipinski definition) is 3. The molecule has 21 heavy (non-hydrogen) atoms. The predicted molar refractivity (Wildman–Crippen MR) is 84.5 cm³/mol. The van der Waals surface area contributed by atoms with E-state index in [4.69, 9.17) is 27.4 Å². The van der Waals surface area contributed by atoms with Crippen molar-refractivity contribution in [2.75, 3.05) is 13.2 Å². The summed E-state index contributed by atoms with van der Waals surface area (Å²) >= 11 is 4.95. The first-order chi connectivity index (χ1) is 10.1. The third-order valence-corrected chi connectivity index (χ3v) is 3.06. The van der Waals surface area contributed by atoms with Crippen molar-refractivity contribution < 1.29 is 13.9 Å². The molecule has 2 aromatic carbocycles. The van der Waals surface area contributed by atoms with E-state index in [-0.39, 0.29) is 29.8 Å². The highest BCUT2D eigenvalue weighted by atomic mass is 32.1. The molecule has 0 amide bonds. The van der Waals surface area contributed by atoms with E-state index in [0.717, 1.165) is 5.56 Å². The number of thiocarbonyl (C=S) groups is 1. The molecule has 0 aliphatic carbocycles. The van der Waals surface area contributed by atoms with Gasteiger partial charge in [-0.25, -0.2) is 4.39 Å². The van der Waals surface area contributed by atoms with Crippen LogP contribution in [0.5, 0.6) is 11.5 Å². The maximum Gasteiger partial charge on any atom is 0.165 e. The molecule has 0 saturated heterocycles. The normalized spacial score (nSPS) is 10.2. The molecule has 110 valence electrons. The van der Waals surface area contributed by atoms with Crippen molar-refractivity contribution in [2.45, 2.75) is 6.92 Å². The van der Waals surface area contributed by atoms with Crippen molar-refractivity contribution >= 4 is 17.2 Å². The molecule has 3 nitrogen and oxygen atoms in total. The summed E-state index contributed by atoms with van der Waals surface area (Å²) < 4.78 is 24.4. The van der Waals surface area contributed by atoms with Crippen LogP contribution in [0, 0.1) is 12.7 Å². The molecule has 0 aliphatic heterocycles. The Morgan fingerprint density at radius 3 is 2.48 bits per heavy atom. The molecule has 0 heterocycles. The van der Waals surface area contributed by atoms with Gasteiger partial charge in [-0.15, -0.1) is 0 Å². The van der Waals surface area contributed by atoms with Crippen LogP contribution in [0.3, 0.4) is 0 Å². The second kappa shape index (κ2) is 7.04. The number of hydrogen-bond donors (Lipinski definition) is 1. The van der Waals surface area contributed by atoms with Crippen LogP contribution in [0.15, 0.2) is 42.5 Å². The summed E-state index contributed by atoms with van der Waals surface area (Å²) in [7, 11) is 0. The highest BCUT2D eigenvalue weighted by Crippen LogP contribution is 2.19. The second-order valence-corrected chi connectivity index (χ2v) is 4.93. The summed E-state index contributed by atoms with van der Waals surface area (Å²) in [6.45, 7) is 2.38. The third-order valence-electron chi connectivity index (χ3n) is 2.84. The van der Waals surface area contributed by atoms with Crippen LogP contribution < -0.4 is 15.2 Å². The number of benzene rings is 2. The molecule has 2 aromatic rings. The van der Waals surface area contributed by atoms with Gasteiger partial charge in [0.2, 0.25) is 0 Å². The van der Waals surface area contributed by atoms with E-state index >= 15 is 0 Å². The summed E-state index contributed by atoms with van der Waals surface area (Å²) in [4.78, 5) is 0.274. The fourth-order valence-corrected chi connectivity index (χ4v) is 1.99. The largest absolute Gasteiger partial charge is 0.489 e. The van der Waals surface area contributed by atoms with Crippen LogP contribution >= 0.6 is 12.2 Å². The summed E-state index contributed by atoms with van der Waals surface area (Å²) in [5.41, 5.74) is 7.23. The molecular weight excluding hydrogens is 289 g/mol. The van der Waals surface area contributed by atoms with Gasteiger partial charge < -0.3 is 15.2 Å². The quantitative estimate of drug-likeness (QED) is 0.657. The third kappa shape index (κ3) is 4.16. The fraction of sp³-hybridized carbons (Fsp3) is 0.188. The molecule has 0 fully saturated rings. The number of ether oxygens (including phenoxy) is 2. The van der Waals surface area contributed by atoms with E-state index in [1.54, 1.807) is 24.3 Å². The number of nitrogens with two attached hydrogens (primary N) is 1. The second-order valence-electron chi connectivity index (χ2n) is 4.49. The Morgan fingerprint density at radius 1 is 1.10 bits per heavy atom. The fourth-order valence-electron chi connectivity index (χ4n) is 1.82. The molecule has 0 unspecified atom stereocenters. The minimum Gasteiger partial charge on any atom is -0.489 e. The van der Waals surface area contributed by atoms with Gasteiger partial charge in [0.25, 0.3) is 0 Å². The Hall–Kier alpha value is -2.14. The average molecular weight is 305 g/mol. The van der Waals surface area contributed by atoms with Crippen molar-refractivity contribution in [1.29, 1.82) is 0 Å². The molecule has 2 rings (SSSR count). The van der Waals surface area contributed by atoms with Crippen molar-refractivity contribution in [2.24, 2.45) is 5.73 Å². The highest BCUT2D eigenvalue weighted by Gasteiger charge is 2.06. The van der Waals surface area contributed by atoms with Crippen LogP contribution in [-0.4, -0.2) is 18.2 Å². The zero-order valence-electron chi connectivity index (χ0n) is 11.6. The van der Waals surface area contributed by atoms with Crippen molar-refractivity contribution in [3.8, 4) is 11.5 Å². The van der Waals surface area contributed by atoms with Crippen LogP contribution in [0.1, 0.15) is 11.1 Å². The van der Waals surface area contributed by atoms with E-state index in [0.29, 0.717) is 11.3 Å². The van der Waals surface area contributed by atoms with Crippen LogP contribution in [0.4, 0.5) is 4.39 Å². The Morgan fingerprint density at radius 2 is 1.76 bits per heavy atom. The van der Waals surface area contributed by atoms with Gasteiger partial charge in [0, 0.05) is 0 Å². The van der Waals surface area contributed by atoms with E-state index in [9.17, 15) is 4.39 Å². The monoisotopic (exact) mass is 305 g/mol. The first kappa shape index (κ1) is 15.3. The molecule has 2 N–H and O–H groups in total. The van der Waals surface area contributed by atoms with Crippen LogP contribution in [-0.2, 0) is 0 Å². The smallest absolute Gasteiger partial charge is 0.165 e. The van der Waals surface area contributed by atoms with Gasteiger partial charge in [0.15, 0.2) is 11.6 Å². The first-order valence-corrected chi connectivity index (χ1v) is 6.89. The maximum atomic E-state index is 13.5. The standard InChI is InChI=1S/C16H16FNO2S/c1-11-6-7-13(17)15(10-11)20-9-8-19-14-5-3-2-4-12(14)16(18)21/h2-7,10H,8-9H2,1H3,(H2,18,21). The molecule has 0 atom stereocenters. The Kier molecular flexibility index (Phi) is 5.11. The van der Waals surface area contributed by atoms with Gasteiger partial charge in [-0.1, -0.05) is 30.4 Å². The van der Waals surface area contributed by atoms with E-state index in [1.807, 2.05) is 19.1 Å². The Labute approximate surface area is 128 Å².